The quantitative estimate of drug-likeness (QED) is 0.208. The molecule has 0 N–H and O–H groups in total. The molecule has 0 aliphatic heterocycles. The average molecular weight is 466 g/mol. The molecular formula is C26H42BrP. The van der Waals surface area contributed by atoms with Crippen LogP contribution in [0, 0.1) is 0 Å². The molecule has 2 heteroatoms. The molecular weight excluding hydrogens is 423 g/mol. The molecule has 158 valence electrons. The second-order valence-corrected chi connectivity index (χ2v) is 15.3. The Labute approximate surface area is 185 Å². The summed E-state index contributed by atoms with van der Waals surface area (Å²) in [6, 6.07) is 22.6. The molecule has 0 bridgehead atoms. The van der Waals surface area contributed by atoms with E-state index in [1.54, 1.807) is 10.6 Å². The molecule has 0 amide bonds. The van der Waals surface area contributed by atoms with Crippen molar-refractivity contribution >= 4 is 34.2 Å². The Bertz CT molecular complexity index is 592. The van der Waals surface area contributed by atoms with Gasteiger partial charge in [0, 0.05) is 0 Å². The standard InChI is InChI=1S/C26H41P.BrH/c1-4-5-6-7-8-9-10-11-12-19-24-27(2,3,25-20-15-13-16-21-25)26-22-17-14-18-23-26;/h13-18,20-23H,4-12,19,24H2,1-3H3;1H. The van der Waals surface area contributed by atoms with Crippen LogP contribution in [0.5, 0.6) is 0 Å². The second kappa shape index (κ2) is 12.8. The molecule has 0 saturated carbocycles. The van der Waals surface area contributed by atoms with Gasteiger partial charge in [0.1, 0.15) is 0 Å². The summed E-state index contributed by atoms with van der Waals surface area (Å²) in [6.45, 7) is 5.36. The summed E-state index contributed by atoms with van der Waals surface area (Å²) in [6.07, 6.45) is 15.4. The van der Waals surface area contributed by atoms with Gasteiger partial charge in [0.2, 0.25) is 0 Å². The fourth-order valence-electron chi connectivity index (χ4n) is 4.29. The third-order valence-electron chi connectivity index (χ3n) is 6.35. The Kier molecular flexibility index (Phi) is 11.6. The summed E-state index contributed by atoms with van der Waals surface area (Å²) in [5, 5.41) is 3.12. The monoisotopic (exact) mass is 464 g/mol. The van der Waals surface area contributed by atoms with Crippen LogP contribution in [-0.2, 0) is 0 Å². The Morgan fingerprint density at radius 3 is 1.29 bits per heavy atom. The van der Waals surface area contributed by atoms with E-state index in [0.717, 1.165) is 0 Å². The first kappa shape index (κ1) is 25.4. The van der Waals surface area contributed by atoms with Crippen molar-refractivity contribution in [2.24, 2.45) is 0 Å². The summed E-state index contributed by atoms with van der Waals surface area (Å²) in [7, 11) is 0. The molecule has 0 spiro atoms. The normalized spacial score (nSPS) is 12.8. The molecule has 0 nitrogen and oxygen atoms in total. The zero-order chi connectivity index (χ0) is 19.5. The summed E-state index contributed by atoms with van der Waals surface area (Å²) in [5.74, 6) is 0. The van der Waals surface area contributed by atoms with E-state index in [0.29, 0.717) is 0 Å². The van der Waals surface area contributed by atoms with Gasteiger partial charge in [0.25, 0.3) is 0 Å². The Hall–Kier alpha value is -0.650. The third-order valence-corrected chi connectivity index (χ3v) is 11.9. The Morgan fingerprint density at radius 2 is 0.893 bits per heavy atom. The van der Waals surface area contributed by atoms with Gasteiger partial charge in [-0.2, -0.15) is 0 Å². The zero-order valence-corrected chi connectivity index (χ0v) is 21.0. The molecule has 2 aromatic carbocycles. The van der Waals surface area contributed by atoms with Crippen molar-refractivity contribution in [3.63, 3.8) is 0 Å². The summed E-state index contributed by atoms with van der Waals surface area (Å²) in [5.41, 5.74) is 0. The number of halogens is 1. The van der Waals surface area contributed by atoms with Crippen molar-refractivity contribution in [3.8, 4) is 0 Å². The van der Waals surface area contributed by atoms with Crippen molar-refractivity contribution in [1.29, 1.82) is 0 Å². The summed E-state index contributed by atoms with van der Waals surface area (Å²) < 4.78 is 0. The van der Waals surface area contributed by atoms with Gasteiger partial charge in [-0.3, -0.25) is 0 Å². The molecule has 0 aliphatic carbocycles. The molecule has 0 aliphatic rings. The Balaban J connectivity index is 0.00000392. The molecule has 2 rings (SSSR count). The van der Waals surface area contributed by atoms with E-state index in [4.69, 9.17) is 0 Å². The maximum absolute atomic E-state index is 2.57. The van der Waals surface area contributed by atoms with Crippen LogP contribution in [0.4, 0.5) is 0 Å². The van der Waals surface area contributed by atoms with E-state index in [2.05, 4.69) is 80.9 Å². The molecule has 28 heavy (non-hydrogen) atoms. The van der Waals surface area contributed by atoms with E-state index in [1.165, 1.54) is 70.4 Å². The van der Waals surface area contributed by atoms with Crippen LogP contribution in [0.1, 0.15) is 71.1 Å². The first-order valence-electron chi connectivity index (χ1n) is 11.2. The fourth-order valence-corrected chi connectivity index (χ4v) is 8.54. The third kappa shape index (κ3) is 7.31. The van der Waals surface area contributed by atoms with Crippen molar-refractivity contribution in [2.45, 2.75) is 71.1 Å². The van der Waals surface area contributed by atoms with Crippen LogP contribution in [0.15, 0.2) is 60.7 Å². The van der Waals surface area contributed by atoms with Crippen LogP contribution in [0.25, 0.3) is 0 Å². The van der Waals surface area contributed by atoms with Gasteiger partial charge in [-0.1, -0.05) is 0 Å². The molecule has 0 atom stereocenters. The van der Waals surface area contributed by atoms with Crippen molar-refractivity contribution in [3.05, 3.63) is 60.7 Å². The average Bonchev–Trinajstić information content (AvgIpc) is 2.71. The molecule has 2 aromatic rings. The van der Waals surface area contributed by atoms with Crippen molar-refractivity contribution in [2.75, 3.05) is 19.5 Å². The van der Waals surface area contributed by atoms with Gasteiger partial charge in [-0.25, -0.2) is 0 Å². The van der Waals surface area contributed by atoms with Gasteiger partial charge in [0.05, 0.1) is 0 Å². The molecule has 0 fully saturated rings. The van der Waals surface area contributed by atoms with Crippen LogP contribution in [-0.4, -0.2) is 19.5 Å². The fraction of sp³-hybridized carbons (Fsp3) is 0.538. The first-order chi connectivity index (χ1) is 13.1. The van der Waals surface area contributed by atoms with E-state index in [9.17, 15) is 0 Å². The topological polar surface area (TPSA) is 0 Å². The minimum absolute atomic E-state index is 0. The molecule has 0 heterocycles. The molecule has 0 aromatic heterocycles. The van der Waals surface area contributed by atoms with Gasteiger partial charge in [-0.05, 0) is 0 Å². The van der Waals surface area contributed by atoms with Crippen LogP contribution < -0.4 is 10.6 Å². The predicted molar refractivity (Wildman–Crippen MR) is 138 cm³/mol. The van der Waals surface area contributed by atoms with Gasteiger partial charge < -0.3 is 0 Å². The number of unbranched alkanes of at least 4 members (excludes halogenated alkanes) is 9. The van der Waals surface area contributed by atoms with E-state index >= 15 is 0 Å². The SMILES string of the molecule is Br.CCCCCCCCCCCCP(C)(C)(c1ccccc1)c1ccccc1. The summed E-state index contributed by atoms with van der Waals surface area (Å²) in [4.78, 5) is 0. The number of hydrogen-bond acceptors (Lipinski definition) is 0. The maximum atomic E-state index is 2.57. The van der Waals surface area contributed by atoms with Gasteiger partial charge in [-0.15, -0.1) is 17.0 Å². The Morgan fingerprint density at radius 1 is 0.536 bits per heavy atom. The number of hydrogen-bond donors (Lipinski definition) is 0. The van der Waals surface area contributed by atoms with E-state index < -0.39 is 6.60 Å². The van der Waals surface area contributed by atoms with Crippen LogP contribution in [0.2, 0.25) is 0 Å². The minimum atomic E-state index is -2.09. The number of rotatable bonds is 13. The van der Waals surface area contributed by atoms with Crippen LogP contribution in [0.3, 0.4) is 0 Å². The van der Waals surface area contributed by atoms with Crippen LogP contribution >= 0.6 is 23.6 Å². The molecule has 0 radical (unpaired) electrons. The van der Waals surface area contributed by atoms with Gasteiger partial charge in [0.15, 0.2) is 0 Å². The zero-order valence-electron chi connectivity index (χ0n) is 18.4. The predicted octanol–water partition coefficient (Wildman–Crippen LogP) is 7.95. The van der Waals surface area contributed by atoms with E-state index in [-0.39, 0.29) is 17.0 Å². The van der Waals surface area contributed by atoms with Crippen molar-refractivity contribution in [1.82, 2.24) is 0 Å². The van der Waals surface area contributed by atoms with Crippen molar-refractivity contribution < 1.29 is 0 Å². The molecule has 0 saturated heterocycles. The first-order valence-corrected chi connectivity index (χ1v) is 14.5. The second-order valence-electron chi connectivity index (χ2n) is 8.98. The number of benzene rings is 2. The summed E-state index contributed by atoms with van der Waals surface area (Å²) >= 11 is 0. The van der Waals surface area contributed by atoms with E-state index in [1.807, 2.05) is 0 Å². The van der Waals surface area contributed by atoms with Gasteiger partial charge >= 0.3 is 168 Å². The molecule has 0 unspecified atom stereocenters.